The summed E-state index contributed by atoms with van der Waals surface area (Å²) in [5.74, 6) is -4.13. The number of ether oxygens (including phenoxy) is 2. The molecule has 0 bridgehead atoms. The summed E-state index contributed by atoms with van der Waals surface area (Å²) in [6.45, 7) is 2.53. The molecule has 15 heteroatoms. The summed E-state index contributed by atoms with van der Waals surface area (Å²) in [7, 11) is 1.43. The van der Waals surface area contributed by atoms with Gasteiger partial charge in [-0.05, 0) is 25.0 Å². The second-order valence-corrected chi connectivity index (χ2v) is 10.1. The summed E-state index contributed by atoms with van der Waals surface area (Å²) < 4.78 is 55.6. The fourth-order valence-electron chi connectivity index (χ4n) is 5.44. The monoisotopic (exact) mass is 565 g/mol. The molecule has 0 radical (unpaired) electrons. The number of carbonyl (C=O) groups is 1. The van der Waals surface area contributed by atoms with E-state index < -0.39 is 54.5 Å². The SMILES string of the molecule is CO[C@@H]1[C@@H](n2cc(-c3cc(F)c(F)c(F)c3)nn2)[C@@H](O)[C@@H](CO)O[C@@H]1Cn1cc(C2CCN(C(C)=O)CC2)nn1. The predicted molar refractivity (Wildman–Crippen MR) is 131 cm³/mol. The van der Waals surface area contributed by atoms with Gasteiger partial charge >= 0.3 is 0 Å². The highest BCUT2D eigenvalue weighted by Gasteiger charge is 2.47. The summed E-state index contributed by atoms with van der Waals surface area (Å²) in [6.07, 6.45) is 0.909. The van der Waals surface area contributed by atoms with Crippen LogP contribution in [0.3, 0.4) is 0 Å². The van der Waals surface area contributed by atoms with Crippen LogP contribution in [0.2, 0.25) is 0 Å². The Bertz CT molecular complexity index is 1320. The van der Waals surface area contributed by atoms with E-state index in [4.69, 9.17) is 9.47 Å². The number of rotatable bonds is 7. The molecule has 3 aromatic rings. The van der Waals surface area contributed by atoms with E-state index in [0.29, 0.717) is 13.1 Å². The second-order valence-electron chi connectivity index (χ2n) is 10.1. The van der Waals surface area contributed by atoms with E-state index >= 15 is 0 Å². The lowest BCUT2D eigenvalue weighted by atomic mass is 9.92. The van der Waals surface area contributed by atoms with Gasteiger partial charge in [0.15, 0.2) is 17.5 Å². The minimum absolute atomic E-state index is 0.0418. The summed E-state index contributed by atoms with van der Waals surface area (Å²) in [4.78, 5) is 13.4. The molecule has 1 amide bonds. The first-order valence-electron chi connectivity index (χ1n) is 12.9. The largest absolute Gasteiger partial charge is 0.394 e. The molecule has 5 atom stereocenters. The van der Waals surface area contributed by atoms with Crippen LogP contribution < -0.4 is 0 Å². The minimum Gasteiger partial charge on any atom is -0.394 e. The van der Waals surface area contributed by atoms with E-state index in [2.05, 4.69) is 20.6 Å². The number of carbonyl (C=O) groups excluding carboxylic acids is 1. The van der Waals surface area contributed by atoms with Crippen molar-refractivity contribution < 1.29 is 37.7 Å². The minimum atomic E-state index is -1.60. The molecule has 5 rings (SSSR count). The van der Waals surface area contributed by atoms with Crippen molar-refractivity contribution in [2.24, 2.45) is 0 Å². The average Bonchev–Trinajstić information content (AvgIpc) is 3.62. The number of amides is 1. The molecule has 0 spiro atoms. The molecular weight excluding hydrogens is 535 g/mol. The molecule has 40 heavy (non-hydrogen) atoms. The number of likely N-dealkylation sites (tertiary alicyclic amines) is 1. The Kier molecular flexibility index (Phi) is 8.16. The van der Waals surface area contributed by atoms with Gasteiger partial charge in [0, 0.05) is 44.8 Å². The van der Waals surface area contributed by atoms with E-state index in [1.54, 1.807) is 16.5 Å². The van der Waals surface area contributed by atoms with E-state index in [9.17, 15) is 28.2 Å². The van der Waals surface area contributed by atoms with Crippen molar-refractivity contribution in [2.75, 3.05) is 26.8 Å². The molecule has 2 N–H and O–H groups in total. The van der Waals surface area contributed by atoms with Crippen molar-refractivity contribution in [3.63, 3.8) is 0 Å². The summed E-state index contributed by atoms with van der Waals surface area (Å²) in [5, 5.41) is 37.5. The lowest BCUT2D eigenvalue weighted by Crippen LogP contribution is -2.57. The molecule has 12 nitrogen and oxygen atoms in total. The number of methoxy groups -OCH3 is 1. The van der Waals surface area contributed by atoms with Crippen LogP contribution in [-0.4, -0.2) is 102 Å². The first-order valence-corrected chi connectivity index (χ1v) is 12.9. The molecule has 2 fully saturated rings. The van der Waals surface area contributed by atoms with E-state index in [1.807, 2.05) is 6.20 Å². The lowest BCUT2D eigenvalue weighted by molar-refractivity contribution is -0.216. The van der Waals surface area contributed by atoms with Gasteiger partial charge in [0.2, 0.25) is 5.91 Å². The van der Waals surface area contributed by atoms with E-state index in [0.717, 1.165) is 30.7 Å². The number of aliphatic hydroxyl groups excluding tert-OH is 2. The Morgan fingerprint density at radius 3 is 2.42 bits per heavy atom. The molecule has 2 aliphatic rings. The molecular formula is C25H30F3N7O5. The maximum absolute atomic E-state index is 13.8. The number of aliphatic hydroxyl groups is 2. The van der Waals surface area contributed by atoms with Crippen LogP contribution in [-0.2, 0) is 20.8 Å². The van der Waals surface area contributed by atoms with Crippen LogP contribution in [0.5, 0.6) is 0 Å². The predicted octanol–water partition coefficient (Wildman–Crippen LogP) is 1.06. The quantitative estimate of drug-likeness (QED) is 0.403. The highest BCUT2D eigenvalue weighted by atomic mass is 19.2. The van der Waals surface area contributed by atoms with Crippen LogP contribution in [0.25, 0.3) is 11.3 Å². The molecule has 2 aliphatic heterocycles. The Morgan fingerprint density at radius 1 is 1.10 bits per heavy atom. The van der Waals surface area contributed by atoms with Gasteiger partial charge in [0.05, 0.1) is 25.0 Å². The normalized spacial score (nSPS) is 25.9. The van der Waals surface area contributed by atoms with E-state index in [-0.39, 0.29) is 29.6 Å². The lowest BCUT2D eigenvalue weighted by Gasteiger charge is -2.43. The number of hydrogen-bond donors (Lipinski definition) is 2. The topological polar surface area (TPSA) is 141 Å². The summed E-state index contributed by atoms with van der Waals surface area (Å²) >= 11 is 0. The van der Waals surface area contributed by atoms with Crippen LogP contribution in [0.1, 0.15) is 37.4 Å². The number of nitrogens with zero attached hydrogens (tertiary/aromatic N) is 7. The van der Waals surface area contributed by atoms with Crippen LogP contribution in [0.4, 0.5) is 13.2 Å². The first-order chi connectivity index (χ1) is 19.2. The van der Waals surface area contributed by atoms with Crippen LogP contribution >= 0.6 is 0 Å². The zero-order valence-corrected chi connectivity index (χ0v) is 21.9. The van der Waals surface area contributed by atoms with Gasteiger partial charge in [-0.2, -0.15) is 0 Å². The Morgan fingerprint density at radius 2 is 1.80 bits per heavy atom. The van der Waals surface area contributed by atoms with Crippen LogP contribution in [0, 0.1) is 17.5 Å². The second kappa shape index (κ2) is 11.6. The van der Waals surface area contributed by atoms with Gasteiger partial charge in [0.1, 0.15) is 36.2 Å². The Balaban J connectivity index is 1.35. The molecule has 216 valence electrons. The average molecular weight is 566 g/mol. The fourth-order valence-corrected chi connectivity index (χ4v) is 5.44. The van der Waals surface area contributed by atoms with E-state index in [1.165, 1.54) is 18.0 Å². The van der Waals surface area contributed by atoms with Crippen LogP contribution in [0.15, 0.2) is 24.5 Å². The first kappa shape index (κ1) is 28.1. The third-order valence-electron chi connectivity index (χ3n) is 7.61. The van der Waals surface area contributed by atoms with Crippen molar-refractivity contribution in [1.29, 1.82) is 0 Å². The standard InChI is InChI=1S/C25H30F3N7O5/c1-13(37)33-5-3-14(4-6-33)18-9-34(31-29-18)11-20-25(39-2)23(24(38)21(12-36)40-20)35-10-19(30-32-35)15-7-16(26)22(28)17(27)8-15/h7-10,14,20-21,23-25,36,38H,3-6,11-12H2,1-2H3/t20-,21-,23+,24+,25+/m1/s1. The molecule has 1 aromatic carbocycles. The highest BCUT2D eigenvalue weighted by molar-refractivity contribution is 5.73. The molecule has 2 aromatic heterocycles. The van der Waals surface area contributed by atoms with Gasteiger partial charge in [-0.3, -0.25) is 4.79 Å². The van der Waals surface area contributed by atoms with Crippen molar-refractivity contribution in [3.05, 3.63) is 47.7 Å². The molecule has 0 unspecified atom stereocenters. The number of halogens is 3. The number of aromatic nitrogens is 6. The van der Waals surface area contributed by atoms with Gasteiger partial charge in [-0.25, -0.2) is 22.5 Å². The zero-order chi connectivity index (χ0) is 28.6. The number of hydrogen-bond acceptors (Lipinski definition) is 9. The Labute approximate surface area is 227 Å². The smallest absolute Gasteiger partial charge is 0.219 e. The van der Waals surface area contributed by atoms with Gasteiger partial charge < -0.3 is 24.6 Å². The summed E-state index contributed by atoms with van der Waals surface area (Å²) in [5.41, 5.74) is 0.792. The maximum atomic E-state index is 13.8. The third kappa shape index (κ3) is 5.46. The van der Waals surface area contributed by atoms with Gasteiger partial charge in [0.25, 0.3) is 0 Å². The number of benzene rings is 1. The Hall–Kier alpha value is -3.40. The fraction of sp³-hybridized carbons (Fsp3) is 0.560. The van der Waals surface area contributed by atoms with Crippen molar-refractivity contribution >= 4 is 5.91 Å². The van der Waals surface area contributed by atoms with Crippen molar-refractivity contribution in [1.82, 2.24) is 34.9 Å². The molecule has 2 saturated heterocycles. The molecule has 0 saturated carbocycles. The van der Waals surface area contributed by atoms with Crippen molar-refractivity contribution in [2.45, 2.75) is 62.7 Å². The van der Waals surface area contributed by atoms with Crippen molar-refractivity contribution in [3.8, 4) is 11.3 Å². The maximum Gasteiger partial charge on any atom is 0.219 e. The molecule has 0 aliphatic carbocycles. The van der Waals surface area contributed by atoms with Gasteiger partial charge in [-0.15, -0.1) is 10.2 Å². The number of piperidine rings is 1. The highest BCUT2D eigenvalue weighted by Crippen LogP contribution is 2.34. The van der Waals surface area contributed by atoms with Gasteiger partial charge in [-0.1, -0.05) is 10.4 Å². The zero-order valence-electron chi connectivity index (χ0n) is 21.9. The third-order valence-corrected chi connectivity index (χ3v) is 7.61. The molecule has 4 heterocycles. The summed E-state index contributed by atoms with van der Waals surface area (Å²) in [6, 6.07) is 0.690.